The highest BCUT2D eigenvalue weighted by atomic mass is 16.6. The van der Waals surface area contributed by atoms with E-state index in [4.69, 9.17) is 9.84 Å². The molecule has 0 aromatic carbocycles. The smallest absolute Gasteiger partial charge is 0.410 e. The number of ether oxygens (including phenoxy) is 1. The third-order valence-electron chi connectivity index (χ3n) is 3.68. The van der Waals surface area contributed by atoms with Crippen LogP contribution in [0.2, 0.25) is 0 Å². The molecule has 0 aromatic heterocycles. The molecule has 1 fully saturated rings. The van der Waals surface area contributed by atoms with Gasteiger partial charge in [0.1, 0.15) is 5.60 Å². The summed E-state index contributed by atoms with van der Waals surface area (Å²) in [5.74, 6) is -0.628. The number of carbonyl (C=O) groups excluding carboxylic acids is 1. The molecule has 0 atom stereocenters. The molecule has 1 saturated carbocycles. The summed E-state index contributed by atoms with van der Waals surface area (Å²) < 4.78 is 5.50. The number of carboxylic acid groups (broad SMARTS) is 1. The molecule has 0 bridgehead atoms. The van der Waals surface area contributed by atoms with E-state index in [-0.39, 0.29) is 18.1 Å². The van der Waals surface area contributed by atoms with E-state index in [1.54, 1.807) is 4.90 Å². The van der Waals surface area contributed by atoms with Gasteiger partial charge < -0.3 is 14.7 Å². The van der Waals surface area contributed by atoms with E-state index in [1.165, 1.54) is 0 Å². The summed E-state index contributed by atoms with van der Waals surface area (Å²) in [7, 11) is 0. The van der Waals surface area contributed by atoms with Crippen LogP contribution in [-0.2, 0) is 9.53 Å². The zero-order valence-electron chi connectivity index (χ0n) is 13.9. The molecule has 0 saturated heterocycles. The van der Waals surface area contributed by atoms with Crippen molar-refractivity contribution in [2.24, 2.45) is 11.8 Å². The summed E-state index contributed by atoms with van der Waals surface area (Å²) in [6.45, 7) is 10.4. The number of carboxylic acids is 1. The summed E-state index contributed by atoms with van der Waals surface area (Å²) in [6.07, 6.45) is 2.47. The Kier molecular flexibility index (Phi) is 6.05. The zero-order chi connectivity index (χ0) is 16.2. The van der Waals surface area contributed by atoms with Crippen LogP contribution in [0.5, 0.6) is 0 Å². The molecular formula is C16H29NO4. The van der Waals surface area contributed by atoms with E-state index in [2.05, 4.69) is 13.8 Å². The van der Waals surface area contributed by atoms with Gasteiger partial charge in [0, 0.05) is 12.6 Å². The molecule has 1 aliphatic carbocycles. The van der Waals surface area contributed by atoms with Crippen molar-refractivity contribution < 1.29 is 19.4 Å². The Morgan fingerprint density at radius 1 is 1.19 bits per heavy atom. The highest BCUT2D eigenvalue weighted by Crippen LogP contribution is 2.29. The molecular weight excluding hydrogens is 270 g/mol. The Labute approximate surface area is 127 Å². The van der Waals surface area contributed by atoms with Gasteiger partial charge in [-0.05, 0) is 52.4 Å². The maximum Gasteiger partial charge on any atom is 0.410 e. The first-order chi connectivity index (χ1) is 9.60. The monoisotopic (exact) mass is 299 g/mol. The standard InChI is InChI=1S/C16H29NO4/c1-11(2)10-17(15(20)21-16(3,4)5)13-8-6-12(7-9-13)14(18)19/h11-13H,6-10H2,1-5H3,(H,18,19). The van der Waals surface area contributed by atoms with Gasteiger partial charge in [0.25, 0.3) is 0 Å². The maximum atomic E-state index is 12.4. The van der Waals surface area contributed by atoms with Crippen LogP contribution in [-0.4, -0.2) is 40.3 Å². The van der Waals surface area contributed by atoms with Crippen LogP contribution in [0.3, 0.4) is 0 Å². The third-order valence-corrected chi connectivity index (χ3v) is 3.68. The Balaban J connectivity index is 2.70. The second kappa shape index (κ2) is 7.14. The molecule has 0 aliphatic heterocycles. The minimum Gasteiger partial charge on any atom is -0.481 e. The van der Waals surface area contributed by atoms with Gasteiger partial charge in [-0.2, -0.15) is 0 Å². The molecule has 21 heavy (non-hydrogen) atoms. The van der Waals surface area contributed by atoms with E-state index >= 15 is 0 Å². The van der Waals surface area contributed by atoms with Crippen molar-refractivity contribution in [1.82, 2.24) is 4.90 Å². The highest BCUT2D eigenvalue weighted by Gasteiger charge is 2.33. The second-order valence-electron chi connectivity index (χ2n) is 7.37. The third kappa shape index (κ3) is 5.94. The van der Waals surface area contributed by atoms with Gasteiger partial charge in [0.05, 0.1) is 5.92 Å². The summed E-state index contributed by atoms with van der Waals surface area (Å²) in [5, 5.41) is 9.07. The second-order valence-corrected chi connectivity index (χ2v) is 7.37. The average Bonchev–Trinajstić information content (AvgIpc) is 2.33. The molecule has 1 N–H and O–H groups in total. The normalized spacial score (nSPS) is 23.0. The molecule has 1 aliphatic rings. The molecule has 5 nitrogen and oxygen atoms in total. The van der Waals surface area contributed by atoms with E-state index in [0.717, 1.165) is 12.8 Å². The average molecular weight is 299 g/mol. The van der Waals surface area contributed by atoms with Gasteiger partial charge >= 0.3 is 12.1 Å². The fourth-order valence-electron chi connectivity index (χ4n) is 2.72. The lowest BCUT2D eigenvalue weighted by Crippen LogP contribution is -2.47. The quantitative estimate of drug-likeness (QED) is 0.862. The first kappa shape index (κ1) is 17.8. The van der Waals surface area contributed by atoms with E-state index in [0.29, 0.717) is 25.3 Å². The lowest BCUT2D eigenvalue weighted by atomic mass is 9.85. The minimum atomic E-state index is -0.721. The Hall–Kier alpha value is -1.26. The molecule has 0 unspecified atom stereocenters. The minimum absolute atomic E-state index is 0.0952. The summed E-state index contributed by atoms with van der Waals surface area (Å²) in [5.41, 5.74) is -0.509. The highest BCUT2D eigenvalue weighted by molar-refractivity contribution is 5.70. The van der Waals surface area contributed by atoms with Crippen LogP contribution in [0.25, 0.3) is 0 Å². The Morgan fingerprint density at radius 2 is 1.71 bits per heavy atom. The van der Waals surface area contributed by atoms with Crippen LogP contribution >= 0.6 is 0 Å². The fraction of sp³-hybridized carbons (Fsp3) is 0.875. The van der Waals surface area contributed by atoms with E-state index < -0.39 is 11.6 Å². The van der Waals surface area contributed by atoms with Crippen LogP contribution in [0.15, 0.2) is 0 Å². The topological polar surface area (TPSA) is 66.8 Å². The molecule has 0 spiro atoms. The van der Waals surface area contributed by atoms with Crippen LogP contribution in [0, 0.1) is 11.8 Å². The molecule has 0 heterocycles. The largest absolute Gasteiger partial charge is 0.481 e. The van der Waals surface area contributed by atoms with Gasteiger partial charge in [0.15, 0.2) is 0 Å². The summed E-state index contributed by atoms with van der Waals surface area (Å²) in [4.78, 5) is 25.2. The van der Waals surface area contributed by atoms with Gasteiger partial charge in [-0.25, -0.2) is 4.79 Å². The van der Waals surface area contributed by atoms with Crippen molar-refractivity contribution in [1.29, 1.82) is 0 Å². The van der Waals surface area contributed by atoms with Gasteiger partial charge in [-0.1, -0.05) is 13.8 Å². The number of amides is 1. The summed E-state index contributed by atoms with van der Waals surface area (Å²) in [6, 6.07) is 0.0952. The predicted molar refractivity (Wildman–Crippen MR) is 81.2 cm³/mol. The molecule has 5 heteroatoms. The number of hydrogen-bond acceptors (Lipinski definition) is 3. The SMILES string of the molecule is CC(C)CN(C(=O)OC(C)(C)C)C1CCC(C(=O)O)CC1. The number of hydrogen-bond donors (Lipinski definition) is 1. The first-order valence-corrected chi connectivity index (χ1v) is 7.82. The zero-order valence-corrected chi connectivity index (χ0v) is 13.9. The van der Waals surface area contributed by atoms with Crippen molar-refractivity contribution in [2.75, 3.05) is 6.54 Å². The number of nitrogens with zero attached hydrogens (tertiary/aromatic N) is 1. The van der Waals surface area contributed by atoms with Crippen molar-refractivity contribution >= 4 is 12.1 Å². The van der Waals surface area contributed by atoms with Crippen LogP contribution in [0.4, 0.5) is 4.79 Å². The molecule has 0 aromatic rings. The van der Waals surface area contributed by atoms with Crippen LogP contribution in [0.1, 0.15) is 60.3 Å². The van der Waals surface area contributed by atoms with Crippen molar-refractivity contribution in [3.8, 4) is 0 Å². The fourth-order valence-corrected chi connectivity index (χ4v) is 2.72. The molecule has 1 rings (SSSR count). The lowest BCUT2D eigenvalue weighted by Gasteiger charge is -2.37. The van der Waals surface area contributed by atoms with E-state index in [1.807, 2.05) is 20.8 Å². The maximum absolute atomic E-state index is 12.4. The number of rotatable bonds is 4. The van der Waals surface area contributed by atoms with Gasteiger partial charge in [-0.15, -0.1) is 0 Å². The Morgan fingerprint density at radius 3 is 2.10 bits per heavy atom. The predicted octanol–water partition coefficient (Wildman–Crippen LogP) is 3.52. The van der Waals surface area contributed by atoms with Crippen LogP contribution < -0.4 is 0 Å². The van der Waals surface area contributed by atoms with E-state index in [9.17, 15) is 9.59 Å². The number of carbonyl (C=O) groups is 2. The molecule has 122 valence electrons. The Bertz CT molecular complexity index is 365. The molecule has 0 radical (unpaired) electrons. The van der Waals surface area contributed by atoms with Gasteiger partial charge in [0.2, 0.25) is 0 Å². The summed E-state index contributed by atoms with van der Waals surface area (Å²) >= 11 is 0. The lowest BCUT2D eigenvalue weighted by molar-refractivity contribution is -0.143. The van der Waals surface area contributed by atoms with Crippen molar-refractivity contribution in [3.63, 3.8) is 0 Å². The van der Waals surface area contributed by atoms with Crippen molar-refractivity contribution in [3.05, 3.63) is 0 Å². The number of aliphatic carboxylic acids is 1. The van der Waals surface area contributed by atoms with Gasteiger partial charge in [-0.3, -0.25) is 4.79 Å². The van der Waals surface area contributed by atoms with Crippen molar-refractivity contribution in [2.45, 2.75) is 71.9 Å². The first-order valence-electron chi connectivity index (χ1n) is 7.82. The molecule has 1 amide bonds.